The number of benzene rings is 2. The van der Waals surface area contributed by atoms with Crippen LogP contribution in [-0.4, -0.2) is 20.4 Å². The Kier molecular flexibility index (Phi) is 10.0. The van der Waals surface area contributed by atoms with Gasteiger partial charge in [-0.2, -0.15) is 0 Å². The molecule has 0 saturated heterocycles. The van der Waals surface area contributed by atoms with Crippen molar-refractivity contribution in [2.45, 2.75) is 68.2 Å². The lowest BCUT2D eigenvalue weighted by atomic mass is 9.96. The summed E-state index contributed by atoms with van der Waals surface area (Å²) in [5, 5.41) is 41.7. The molecule has 0 aliphatic carbocycles. The number of hydrogen-bond donors (Lipinski definition) is 4. The van der Waals surface area contributed by atoms with Gasteiger partial charge in [-0.25, -0.2) is 0 Å². The standard InChI is InChI=1S/C23H24O6.2C2H6/c1-11(2)5-7-13-19(26)14(8-6-12(3)4)22-18(20(13)27)21(28)17-15(24)9-10-16(25)23(17)29-22;2*1-2/h5-6,9-10,24-27H,7-8H2,1-4H3;2*1-2H3. The van der Waals surface area contributed by atoms with Crippen molar-refractivity contribution in [3.8, 4) is 23.0 Å². The first-order valence-electron chi connectivity index (χ1n) is 11.3. The number of fused-ring (bicyclic) bond motifs is 2. The SMILES string of the molecule is CC.CC.CC(C)=CCc1c(O)c(CC=C(C)C)c2oc3c(O)ccc(O)c3c(=O)c2c1O. The summed E-state index contributed by atoms with van der Waals surface area (Å²) in [6.45, 7) is 15.6. The molecule has 3 aromatic rings. The normalized spacial score (nSPS) is 10.1. The predicted molar refractivity (Wildman–Crippen MR) is 136 cm³/mol. The second kappa shape index (κ2) is 12.0. The highest BCUT2D eigenvalue weighted by atomic mass is 16.4. The number of phenols is 4. The smallest absolute Gasteiger partial charge is 0.208 e. The van der Waals surface area contributed by atoms with E-state index in [2.05, 4.69) is 0 Å². The van der Waals surface area contributed by atoms with E-state index in [9.17, 15) is 25.2 Å². The van der Waals surface area contributed by atoms with E-state index >= 15 is 0 Å². The summed E-state index contributed by atoms with van der Waals surface area (Å²) in [6.07, 6.45) is 4.18. The molecule has 0 aliphatic rings. The molecule has 180 valence electrons. The monoisotopic (exact) mass is 456 g/mol. The number of hydrogen-bond acceptors (Lipinski definition) is 6. The van der Waals surface area contributed by atoms with Crippen molar-refractivity contribution in [1.82, 2.24) is 0 Å². The Hall–Kier alpha value is -3.41. The molecule has 0 radical (unpaired) electrons. The molecule has 2 aromatic carbocycles. The first kappa shape index (κ1) is 27.6. The molecule has 0 atom stereocenters. The molecular formula is C27H36O6. The van der Waals surface area contributed by atoms with E-state index in [1.165, 1.54) is 12.1 Å². The fraction of sp³-hybridized carbons (Fsp3) is 0.370. The third-order valence-corrected chi connectivity index (χ3v) is 4.80. The Morgan fingerprint density at radius 2 is 1.21 bits per heavy atom. The van der Waals surface area contributed by atoms with E-state index in [1.54, 1.807) is 0 Å². The zero-order chi connectivity index (χ0) is 25.5. The molecule has 33 heavy (non-hydrogen) atoms. The van der Waals surface area contributed by atoms with Crippen molar-refractivity contribution in [3.05, 3.63) is 56.8 Å². The highest BCUT2D eigenvalue weighted by molar-refractivity contribution is 6.00. The van der Waals surface area contributed by atoms with Gasteiger partial charge in [0.05, 0.1) is 0 Å². The van der Waals surface area contributed by atoms with Gasteiger partial charge < -0.3 is 24.8 Å². The van der Waals surface area contributed by atoms with Crippen molar-refractivity contribution in [1.29, 1.82) is 0 Å². The molecule has 6 nitrogen and oxygen atoms in total. The summed E-state index contributed by atoms with van der Waals surface area (Å²) in [5.74, 6) is -1.24. The predicted octanol–water partition coefficient (Wildman–Crippen LogP) is 6.84. The molecule has 4 N–H and O–H groups in total. The van der Waals surface area contributed by atoms with Crippen LogP contribution in [0.1, 0.15) is 66.5 Å². The van der Waals surface area contributed by atoms with Crippen molar-refractivity contribution >= 4 is 21.9 Å². The van der Waals surface area contributed by atoms with E-state index in [-0.39, 0.29) is 57.6 Å². The van der Waals surface area contributed by atoms with Crippen LogP contribution in [0.4, 0.5) is 0 Å². The molecule has 3 rings (SSSR count). The fourth-order valence-electron chi connectivity index (χ4n) is 3.24. The average Bonchev–Trinajstić information content (AvgIpc) is 2.78. The summed E-state index contributed by atoms with van der Waals surface area (Å²) in [7, 11) is 0. The first-order valence-corrected chi connectivity index (χ1v) is 11.3. The molecule has 0 saturated carbocycles. The number of allylic oxidation sites excluding steroid dienone is 4. The lowest BCUT2D eigenvalue weighted by Crippen LogP contribution is -2.06. The Labute approximate surface area is 195 Å². The Morgan fingerprint density at radius 3 is 1.73 bits per heavy atom. The Morgan fingerprint density at radius 1 is 0.727 bits per heavy atom. The highest BCUT2D eigenvalue weighted by Crippen LogP contribution is 2.42. The molecule has 0 aliphatic heterocycles. The van der Waals surface area contributed by atoms with Crippen LogP contribution < -0.4 is 5.43 Å². The second-order valence-electron chi connectivity index (χ2n) is 7.57. The van der Waals surface area contributed by atoms with Gasteiger partial charge in [0.25, 0.3) is 0 Å². The summed E-state index contributed by atoms with van der Waals surface area (Å²) >= 11 is 0. The van der Waals surface area contributed by atoms with E-state index < -0.39 is 11.2 Å². The summed E-state index contributed by atoms with van der Waals surface area (Å²) in [4.78, 5) is 13.2. The molecule has 1 aromatic heterocycles. The van der Waals surface area contributed by atoms with Gasteiger partial charge >= 0.3 is 0 Å². The van der Waals surface area contributed by atoms with Gasteiger partial charge in [-0.1, -0.05) is 51.0 Å². The molecule has 1 heterocycles. The summed E-state index contributed by atoms with van der Waals surface area (Å²) in [6, 6.07) is 2.40. The Bertz CT molecular complexity index is 1240. The summed E-state index contributed by atoms with van der Waals surface area (Å²) in [5.41, 5.74) is 1.64. The van der Waals surface area contributed by atoms with E-state index in [0.29, 0.717) is 5.56 Å². The second-order valence-corrected chi connectivity index (χ2v) is 7.57. The minimum absolute atomic E-state index is 0.0168. The van der Waals surface area contributed by atoms with Crippen molar-refractivity contribution < 1.29 is 24.8 Å². The van der Waals surface area contributed by atoms with Gasteiger partial charge in [0.2, 0.25) is 5.43 Å². The number of phenolic OH excluding ortho intramolecular Hbond substituents is 4. The van der Waals surface area contributed by atoms with Gasteiger partial charge in [0.1, 0.15) is 33.6 Å². The van der Waals surface area contributed by atoms with Crippen LogP contribution in [0.3, 0.4) is 0 Å². The maximum absolute atomic E-state index is 13.2. The molecule has 0 bridgehead atoms. The lowest BCUT2D eigenvalue weighted by Gasteiger charge is -2.15. The Balaban J connectivity index is 0.00000129. The molecular weight excluding hydrogens is 420 g/mol. The maximum Gasteiger partial charge on any atom is 0.208 e. The van der Waals surface area contributed by atoms with Crippen LogP contribution in [0, 0.1) is 0 Å². The zero-order valence-corrected chi connectivity index (χ0v) is 20.8. The zero-order valence-electron chi connectivity index (χ0n) is 20.8. The largest absolute Gasteiger partial charge is 0.507 e. The van der Waals surface area contributed by atoms with Gasteiger partial charge in [0.15, 0.2) is 11.3 Å². The van der Waals surface area contributed by atoms with Gasteiger partial charge in [-0.3, -0.25) is 4.79 Å². The van der Waals surface area contributed by atoms with Crippen LogP contribution >= 0.6 is 0 Å². The highest BCUT2D eigenvalue weighted by Gasteiger charge is 2.25. The number of rotatable bonds is 4. The quantitative estimate of drug-likeness (QED) is 0.194. The molecule has 0 spiro atoms. The molecule has 0 amide bonds. The number of aromatic hydroxyl groups is 4. The topological polar surface area (TPSA) is 111 Å². The fourth-order valence-corrected chi connectivity index (χ4v) is 3.24. The van der Waals surface area contributed by atoms with Crippen molar-refractivity contribution in [2.75, 3.05) is 0 Å². The van der Waals surface area contributed by atoms with E-state index in [4.69, 9.17) is 4.42 Å². The summed E-state index contributed by atoms with van der Waals surface area (Å²) < 4.78 is 5.77. The van der Waals surface area contributed by atoms with Crippen molar-refractivity contribution in [2.24, 2.45) is 0 Å². The molecule has 0 unspecified atom stereocenters. The van der Waals surface area contributed by atoms with Gasteiger partial charge in [0, 0.05) is 11.1 Å². The van der Waals surface area contributed by atoms with Crippen LogP contribution in [0.5, 0.6) is 23.0 Å². The minimum atomic E-state index is -0.677. The molecule has 0 fully saturated rings. The van der Waals surface area contributed by atoms with E-state index in [0.717, 1.165) is 11.1 Å². The van der Waals surface area contributed by atoms with Crippen LogP contribution in [0.2, 0.25) is 0 Å². The lowest BCUT2D eigenvalue weighted by molar-refractivity contribution is 0.437. The van der Waals surface area contributed by atoms with Crippen molar-refractivity contribution in [3.63, 3.8) is 0 Å². The van der Waals surface area contributed by atoms with Gasteiger partial charge in [-0.15, -0.1) is 0 Å². The minimum Gasteiger partial charge on any atom is -0.507 e. The average molecular weight is 457 g/mol. The maximum atomic E-state index is 13.2. The van der Waals surface area contributed by atoms with Crippen LogP contribution in [0.15, 0.2) is 44.6 Å². The third-order valence-electron chi connectivity index (χ3n) is 4.80. The van der Waals surface area contributed by atoms with Gasteiger partial charge in [-0.05, 0) is 52.7 Å². The van der Waals surface area contributed by atoms with Crippen LogP contribution in [-0.2, 0) is 12.8 Å². The van der Waals surface area contributed by atoms with Crippen LogP contribution in [0.25, 0.3) is 21.9 Å². The van der Waals surface area contributed by atoms with E-state index in [1.807, 2.05) is 67.5 Å². The third kappa shape index (κ3) is 5.69. The first-order chi connectivity index (χ1) is 15.6. The molecule has 6 heteroatoms.